The number of aromatic amines is 2. The van der Waals surface area contributed by atoms with Crippen molar-refractivity contribution >= 4 is 20.7 Å². The molecule has 4 rings (SSSR count). The van der Waals surface area contributed by atoms with Gasteiger partial charge in [0.15, 0.2) is 9.84 Å². The highest BCUT2D eigenvalue weighted by molar-refractivity contribution is 7.90. The van der Waals surface area contributed by atoms with Gasteiger partial charge in [0.25, 0.3) is 0 Å². The summed E-state index contributed by atoms with van der Waals surface area (Å²) in [5.74, 6) is 0. The van der Waals surface area contributed by atoms with E-state index in [2.05, 4.69) is 44.3 Å². The molecule has 2 N–H and O–H groups in total. The normalized spacial score (nSPS) is 19.5. The van der Waals surface area contributed by atoms with Gasteiger partial charge in [0.1, 0.15) is 4.90 Å². The third-order valence-corrected chi connectivity index (χ3v) is 6.11. The molecule has 1 aromatic carbocycles. The maximum absolute atomic E-state index is 12.1. The van der Waals surface area contributed by atoms with E-state index in [1.807, 2.05) is 6.20 Å². The lowest BCUT2D eigenvalue weighted by Gasteiger charge is -2.35. The van der Waals surface area contributed by atoms with E-state index in [-0.39, 0.29) is 6.04 Å². The van der Waals surface area contributed by atoms with Crippen molar-refractivity contribution in [3.8, 4) is 0 Å². The lowest BCUT2D eigenvalue weighted by atomic mass is 9.98. The standard InChI is InChI=1S/C18H22N4O2S/c1-25(23,24)17-11-20-21-18(17)16-4-2-3-9-22(16)12-13-5-6-15-14(10-13)7-8-19-15/h5-8,10-11,16,19H,2-4,9,12H2,1H3,(H,20,21). The van der Waals surface area contributed by atoms with Gasteiger partial charge >= 0.3 is 0 Å². The van der Waals surface area contributed by atoms with Gasteiger partial charge in [-0.05, 0) is 48.5 Å². The van der Waals surface area contributed by atoms with Crippen molar-refractivity contribution in [3.05, 3.63) is 47.9 Å². The Labute approximate surface area is 147 Å². The summed E-state index contributed by atoms with van der Waals surface area (Å²) < 4.78 is 24.1. The van der Waals surface area contributed by atoms with E-state index in [0.717, 1.165) is 43.6 Å². The van der Waals surface area contributed by atoms with Gasteiger partial charge in [-0.2, -0.15) is 5.10 Å². The van der Waals surface area contributed by atoms with Crippen LogP contribution < -0.4 is 0 Å². The zero-order valence-corrected chi connectivity index (χ0v) is 15.0. The molecule has 0 aliphatic carbocycles. The third kappa shape index (κ3) is 3.21. The van der Waals surface area contributed by atoms with Crippen molar-refractivity contribution in [1.29, 1.82) is 0 Å². The molecule has 1 saturated heterocycles. The fourth-order valence-corrected chi connectivity index (χ4v) is 4.59. The molecule has 0 amide bonds. The molecule has 1 unspecified atom stereocenters. The number of hydrogen-bond acceptors (Lipinski definition) is 4. The van der Waals surface area contributed by atoms with Crippen LogP contribution in [0.2, 0.25) is 0 Å². The number of aromatic nitrogens is 3. The van der Waals surface area contributed by atoms with Crippen LogP contribution in [0.5, 0.6) is 0 Å². The Morgan fingerprint density at radius 1 is 1.28 bits per heavy atom. The maximum atomic E-state index is 12.1. The zero-order valence-electron chi connectivity index (χ0n) is 14.2. The Bertz CT molecular complexity index is 989. The number of piperidine rings is 1. The van der Waals surface area contributed by atoms with E-state index in [9.17, 15) is 8.42 Å². The van der Waals surface area contributed by atoms with Crippen molar-refractivity contribution in [3.63, 3.8) is 0 Å². The molecule has 0 spiro atoms. The summed E-state index contributed by atoms with van der Waals surface area (Å²) >= 11 is 0. The minimum atomic E-state index is -3.28. The van der Waals surface area contributed by atoms with E-state index < -0.39 is 9.84 Å². The van der Waals surface area contributed by atoms with Gasteiger partial charge in [0.2, 0.25) is 0 Å². The van der Waals surface area contributed by atoms with Crippen molar-refractivity contribution in [2.45, 2.75) is 36.7 Å². The van der Waals surface area contributed by atoms with Gasteiger partial charge in [0.05, 0.1) is 17.9 Å². The van der Waals surface area contributed by atoms with Crippen LogP contribution in [0.4, 0.5) is 0 Å². The van der Waals surface area contributed by atoms with Crippen LogP contribution in [-0.2, 0) is 16.4 Å². The van der Waals surface area contributed by atoms with Crippen LogP contribution in [0, 0.1) is 0 Å². The smallest absolute Gasteiger partial charge is 0.178 e. The molecule has 2 aromatic heterocycles. The molecule has 1 atom stereocenters. The van der Waals surface area contributed by atoms with Crippen LogP contribution in [0.1, 0.15) is 36.6 Å². The van der Waals surface area contributed by atoms with Crippen molar-refractivity contribution in [2.75, 3.05) is 12.8 Å². The lowest BCUT2D eigenvalue weighted by Crippen LogP contribution is -2.33. The highest BCUT2D eigenvalue weighted by Crippen LogP contribution is 2.34. The number of benzene rings is 1. The van der Waals surface area contributed by atoms with Gasteiger partial charge in [-0.1, -0.05) is 12.5 Å². The Hall–Kier alpha value is -2.12. The first kappa shape index (κ1) is 16.4. The number of rotatable bonds is 4. The molecular weight excluding hydrogens is 336 g/mol. The highest BCUT2D eigenvalue weighted by atomic mass is 32.2. The summed E-state index contributed by atoms with van der Waals surface area (Å²) in [5, 5.41) is 8.15. The molecule has 0 bridgehead atoms. The second-order valence-electron chi connectivity index (χ2n) is 6.80. The fraction of sp³-hybridized carbons (Fsp3) is 0.389. The van der Waals surface area contributed by atoms with Crippen molar-refractivity contribution in [1.82, 2.24) is 20.1 Å². The molecule has 6 nitrogen and oxygen atoms in total. The van der Waals surface area contributed by atoms with E-state index in [1.165, 1.54) is 23.4 Å². The molecule has 3 heterocycles. The largest absolute Gasteiger partial charge is 0.361 e. The molecular formula is C18H22N4O2S. The molecule has 1 aliphatic heterocycles. The number of sulfone groups is 1. The summed E-state index contributed by atoms with van der Waals surface area (Å²) in [6.45, 7) is 1.76. The summed E-state index contributed by atoms with van der Waals surface area (Å²) in [6, 6.07) is 8.56. The third-order valence-electron chi connectivity index (χ3n) is 4.98. The zero-order chi connectivity index (χ0) is 17.4. The average molecular weight is 358 g/mol. The predicted octanol–water partition coefficient (Wildman–Crippen LogP) is 3.02. The minimum Gasteiger partial charge on any atom is -0.361 e. The molecule has 132 valence electrons. The van der Waals surface area contributed by atoms with Gasteiger partial charge in [-0.15, -0.1) is 0 Å². The monoisotopic (exact) mass is 358 g/mol. The first-order valence-corrected chi connectivity index (χ1v) is 10.4. The van der Waals surface area contributed by atoms with E-state index in [1.54, 1.807) is 0 Å². The van der Waals surface area contributed by atoms with Gasteiger partial charge < -0.3 is 4.98 Å². The van der Waals surface area contributed by atoms with E-state index >= 15 is 0 Å². The Morgan fingerprint density at radius 2 is 2.16 bits per heavy atom. The van der Waals surface area contributed by atoms with Gasteiger partial charge in [-0.25, -0.2) is 8.42 Å². The number of fused-ring (bicyclic) bond motifs is 1. The molecule has 0 saturated carbocycles. The molecule has 1 fully saturated rings. The van der Waals surface area contributed by atoms with Crippen LogP contribution in [-0.4, -0.2) is 41.3 Å². The average Bonchev–Trinajstić information content (AvgIpc) is 3.23. The maximum Gasteiger partial charge on any atom is 0.178 e. The second kappa shape index (κ2) is 6.31. The SMILES string of the molecule is CS(=O)(=O)c1cn[nH]c1C1CCCCN1Cc1ccc2[nH]ccc2c1. The second-order valence-corrected chi connectivity index (χ2v) is 8.79. The Morgan fingerprint density at radius 3 is 3.00 bits per heavy atom. The number of hydrogen-bond donors (Lipinski definition) is 2. The number of likely N-dealkylation sites (tertiary alicyclic amines) is 1. The van der Waals surface area contributed by atoms with Crippen LogP contribution in [0.15, 0.2) is 41.6 Å². The molecule has 1 aliphatic rings. The number of nitrogens with zero attached hydrogens (tertiary/aromatic N) is 2. The molecule has 3 aromatic rings. The number of nitrogens with one attached hydrogen (secondary N) is 2. The minimum absolute atomic E-state index is 0.0582. The molecule has 7 heteroatoms. The quantitative estimate of drug-likeness (QED) is 0.751. The van der Waals surface area contributed by atoms with Gasteiger partial charge in [0, 0.05) is 24.5 Å². The highest BCUT2D eigenvalue weighted by Gasteiger charge is 2.30. The summed E-state index contributed by atoms with van der Waals surface area (Å²) in [4.78, 5) is 5.90. The Kier molecular flexibility index (Phi) is 4.13. The lowest BCUT2D eigenvalue weighted by molar-refractivity contribution is 0.135. The predicted molar refractivity (Wildman–Crippen MR) is 97.0 cm³/mol. The van der Waals surface area contributed by atoms with Crippen LogP contribution in [0.3, 0.4) is 0 Å². The summed E-state index contributed by atoms with van der Waals surface area (Å²) in [7, 11) is -3.28. The summed E-state index contributed by atoms with van der Waals surface area (Å²) in [6.07, 6.45) is 7.79. The molecule has 25 heavy (non-hydrogen) atoms. The fourth-order valence-electron chi connectivity index (χ4n) is 3.76. The Balaban J connectivity index is 1.64. The first-order chi connectivity index (χ1) is 12.0. The first-order valence-electron chi connectivity index (χ1n) is 8.56. The van der Waals surface area contributed by atoms with Crippen LogP contribution >= 0.6 is 0 Å². The van der Waals surface area contributed by atoms with Crippen LogP contribution in [0.25, 0.3) is 10.9 Å². The summed E-state index contributed by atoms with van der Waals surface area (Å²) in [5.41, 5.74) is 3.09. The topological polar surface area (TPSA) is 81.8 Å². The van der Waals surface area contributed by atoms with Crippen molar-refractivity contribution in [2.24, 2.45) is 0 Å². The van der Waals surface area contributed by atoms with E-state index in [4.69, 9.17) is 0 Å². The molecule has 0 radical (unpaired) electrons. The van der Waals surface area contributed by atoms with E-state index in [0.29, 0.717) is 4.90 Å². The van der Waals surface area contributed by atoms with Crippen molar-refractivity contribution < 1.29 is 8.42 Å². The number of H-pyrrole nitrogens is 2. The van der Waals surface area contributed by atoms with Gasteiger partial charge in [-0.3, -0.25) is 10.00 Å².